The Labute approximate surface area is 153 Å². The van der Waals surface area contributed by atoms with E-state index < -0.39 is 0 Å². The van der Waals surface area contributed by atoms with Gasteiger partial charge in [-0.2, -0.15) is 4.68 Å². The number of fused-ring (bicyclic) bond motifs is 1. The quantitative estimate of drug-likeness (QED) is 0.517. The van der Waals surface area contributed by atoms with Crippen molar-refractivity contribution in [2.75, 3.05) is 18.8 Å². The molecule has 0 N–H and O–H groups in total. The van der Waals surface area contributed by atoms with E-state index in [0.717, 1.165) is 25.9 Å². The molecule has 0 atom stereocenters. The van der Waals surface area contributed by atoms with Gasteiger partial charge < -0.3 is 4.90 Å². The van der Waals surface area contributed by atoms with Gasteiger partial charge in [0, 0.05) is 13.1 Å². The molecule has 134 valence electrons. The number of likely N-dealkylation sites (tertiary alicyclic amines) is 1. The zero-order valence-electron chi connectivity index (χ0n) is 14.0. The standard InChI is InChI=1S/C17H17FN6OS/c18-12-4-6-13(7-5-12)24-16-15(21-22-24)17(20-11-19-16)26-10-14(25)23-8-2-1-3-9-23/h4-7,11H,1-3,8-10H2. The highest BCUT2D eigenvalue weighted by Gasteiger charge is 2.19. The van der Waals surface area contributed by atoms with E-state index in [-0.39, 0.29) is 11.7 Å². The second-order valence-electron chi connectivity index (χ2n) is 6.06. The number of amides is 1. The van der Waals surface area contributed by atoms with Gasteiger partial charge in [0.15, 0.2) is 11.2 Å². The Balaban J connectivity index is 1.55. The Morgan fingerprint density at radius 2 is 1.88 bits per heavy atom. The third kappa shape index (κ3) is 3.39. The minimum absolute atomic E-state index is 0.118. The maximum Gasteiger partial charge on any atom is 0.232 e. The van der Waals surface area contributed by atoms with E-state index in [1.54, 1.807) is 12.1 Å². The van der Waals surface area contributed by atoms with Crippen molar-refractivity contribution >= 4 is 28.8 Å². The molecule has 26 heavy (non-hydrogen) atoms. The van der Waals surface area contributed by atoms with Gasteiger partial charge in [0.25, 0.3) is 0 Å². The number of piperidine rings is 1. The van der Waals surface area contributed by atoms with Gasteiger partial charge in [0.05, 0.1) is 11.4 Å². The van der Waals surface area contributed by atoms with Crippen molar-refractivity contribution in [1.82, 2.24) is 29.9 Å². The van der Waals surface area contributed by atoms with E-state index in [9.17, 15) is 9.18 Å². The van der Waals surface area contributed by atoms with E-state index >= 15 is 0 Å². The maximum absolute atomic E-state index is 13.1. The molecule has 1 amide bonds. The first kappa shape index (κ1) is 16.9. The Morgan fingerprint density at radius 3 is 2.65 bits per heavy atom. The summed E-state index contributed by atoms with van der Waals surface area (Å²) in [7, 11) is 0. The summed E-state index contributed by atoms with van der Waals surface area (Å²) in [4.78, 5) is 22.8. The van der Waals surface area contributed by atoms with E-state index in [1.165, 1.54) is 41.3 Å². The fraction of sp³-hybridized carbons (Fsp3) is 0.353. The van der Waals surface area contributed by atoms with Gasteiger partial charge in [0.2, 0.25) is 5.91 Å². The number of aromatic nitrogens is 5. The molecule has 0 radical (unpaired) electrons. The van der Waals surface area contributed by atoms with Gasteiger partial charge in [0.1, 0.15) is 17.2 Å². The molecule has 3 heterocycles. The molecule has 1 aliphatic rings. The molecule has 0 bridgehead atoms. The van der Waals surface area contributed by atoms with Crippen LogP contribution < -0.4 is 0 Å². The highest BCUT2D eigenvalue weighted by molar-refractivity contribution is 8.00. The van der Waals surface area contributed by atoms with Crippen LogP contribution in [0.2, 0.25) is 0 Å². The number of halogens is 1. The Kier molecular flexibility index (Phi) is 4.79. The van der Waals surface area contributed by atoms with Gasteiger partial charge >= 0.3 is 0 Å². The fourth-order valence-electron chi connectivity index (χ4n) is 2.95. The molecule has 1 aliphatic heterocycles. The van der Waals surface area contributed by atoms with Crippen LogP contribution in [-0.2, 0) is 4.79 Å². The minimum Gasteiger partial charge on any atom is -0.342 e. The number of carbonyl (C=O) groups excluding carboxylic acids is 1. The molecule has 7 nitrogen and oxygen atoms in total. The molecule has 9 heteroatoms. The largest absolute Gasteiger partial charge is 0.342 e. The van der Waals surface area contributed by atoms with Gasteiger partial charge in [-0.15, -0.1) is 5.10 Å². The summed E-state index contributed by atoms with van der Waals surface area (Å²) < 4.78 is 14.7. The summed E-state index contributed by atoms with van der Waals surface area (Å²) in [5.41, 5.74) is 1.72. The van der Waals surface area contributed by atoms with Gasteiger partial charge in [-0.25, -0.2) is 14.4 Å². The summed E-state index contributed by atoms with van der Waals surface area (Å²) in [6.45, 7) is 1.67. The summed E-state index contributed by atoms with van der Waals surface area (Å²) in [5, 5.41) is 8.88. The number of carbonyl (C=O) groups is 1. The highest BCUT2D eigenvalue weighted by Crippen LogP contribution is 2.24. The van der Waals surface area contributed by atoms with Crippen LogP contribution in [0.3, 0.4) is 0 Å². The Morgan fingerprint density at radius 1 is 1.12 bits per heavy atom. The van der Waals surface area contributed by atoms with Crippen molar-refractivity contribution < 1.29 is 9.18 Å². The normalized spacial score (nSPS) is 14.7. The van der Waals surface area contributed by atoms with Crippen molar-refractivity contribution in [2.24, 2.45) is 0 Å². The first-order chi connectivity index (χ1) is 12.7. The van der Waals surface area contributed by atoms with E-state index in [4.69, 9.17) is 0 Å². The number of nitrogens with zero attached hydrogens (tertiary/aromatic N) is 6. The molecule has 4 rings (SSSR count). The zero-order valence-corrected chi connectivity index (χ0v) is 14.8. The second-order valence-corrected chi connectivity index (χ2v) is 7.02. The lowest BCUT2D eigenvalue weighted by Crippen LogP contribution is -2.36. The van der Waals surface area contributed by atoms with Crippen molar-refractivity contribution in [3.63, 3.8) is 0 Å². The first-order valence-corrected chi connectivity index (χ1v) is 9.44. The average Bonchev–Trinajstić information content (AvgIpc) is 3.12. The number of thioether (sulfide) groups is 1. The third-order valence-corrected chi connectivity index (χ3v) is 5.28. The predicted molar refractivity (Wildman–Crippen MR) is 95.6 cm³/mol. The molecule has 0 saturated carbocycles. The van der Waals surface area contributed by atoms with Gasteiger partial charge in [-0.05, 0) is 43.5 Å². The van der Waals surface area contributed by atoms with Crippen LogP contribution in [-0.4, -0.2) is 54.6 Å². The lowest BCUT2D eigenvalue weighted by molar-refractivity contribution is -0.129. The van der Waals surface area contributed by atoms with Crippen LogP contribution in [0, 0.1) is 5.82 Å². The van der Waals surface area contributed by atoms with E-state index in [1.807, 2.05) is 4.90 Å². The SMILES string of the molecule is O=C(CSc1ncnc2c1nnn2-c1ccc(F)cc1)N1CCCCC1. The van der Waals surface area contributed by atoms with Crippen LogP contribution in [0.4, 0.5) is 4.39 Å². The molecule has 1 saturated heterocycles. The number of rotatable bonds is 4. The number of hydrogen-bond donors (Lipinski definition) is 0. The van der Waals surface area contributed by atoms with Gasteiger partial charge in [-0.3, -0.25) is 4.79 Å². The van der Waals surface area contributed by atoms with Gasteiger partial charge in [-0.1, -0.05) is 17.0 Å². The lowest BCUT2D eigenvalue weighted by Gasteiger charge is -2.26. The topological polar surface area (TPSA) is 76.8 Å². The second kappa shape index (κ2) is 7.36. The molecule has 2 aromatic heterocycles. The molecular weight excluding hydrogens is 355 g/mol. The van der Waals surface area contributed by atoms with Crippen molar-refractivity contribution in [1.29, 1.82) is 0 Å². The summed E-state index contributed by atoms with van der Waals surface area (Å²) in [6, 6.07) is 5.94. The summed E-state index contributed by atoms with van der Waals surface area (Å²) in [5.74, 6) is 0.114. The molecule has 0 aliphatic carbocycles. The Bertz CT molecular complexity index is 923. The van der Waals surface area contributed by atoms with E-state index in [0.29, 0.717) is 27.6 Å². The molecule has 3 aromatic rings. The Hall–Kier alpha value is -2.55. The zero-order chi connectivity index (χ0) is 17.9. The monoisotopic (exact) mass is 372 g/mol. The molecule has 0 unspecified atom stereocenters. The first-order valence-electron chi connectivity index (χ1n) is 8.45. The highest BCUT2D eigenvalue weighted by atomic mass is 32.2. The molecular formula is C17H17FN6OS. The van der Waals surface area contributed by atoms with Crippen molar-refractivity contribution in [3.8, 4) is 5.69 Å². The smallest absolute Gasteiger partial charge is 0.232 e. The molecule has 0 spiro atoms. The maximum atomic E-state index is 13.1. The fourth-order valence-corrected chi connectivity index (χ4v) is 3.79. The molecule has 1 fully saturated rings. The number of benzene rings is 1. The van der Waals surface area contributed by atoms with Crippen LogP contribution in [0.1, 0.15) is 19.3 Å². The minimum atomic E-state index is -0.319. The van der Waals surface area contributed by atoms with Crippen LogP contribution >= 0.6 is 11.8 Å². The van der Waals surface area contributed by atoms with Crippen molar-refractivity contribution in [2.45, 2.75) is 24.3 Å². The lowest BCUT2D eigenvalue weighted by atomic mass is 10.1. The molecule has 1 aromatic carbocycles. The van der Waals surface area contributed by atoms with Crippen molar-refractivity contribution in [3.05, 3.63) is 36.4 Å². The van der Waals surface area contributed by atoms with Crippen LogP contribution in [0.25, 0.3) is 16.9 Å². The van der Waals surface area contributed by atoms with E-state index in [2.05, 4.69) is 20.3 Å². The third-order valence-electron chi connectivity index (χ3n) is 4.32. The van der Waals surface area contributed by atoms with Crippen LogP contribution in [0.5, 0.6) is 0 Å². The number of hydrogen-bond acceptors (Lipinski definition) is 6. The van der Waals surface area contributed by atoms with Crippen LogP contribution in [0.15, 0.2) is 35.6 Å². The summed E-state index contributed by atoms with van der Waals surface area (Å²) in [6.07, 6.45) is 4.76. The predicted octanol–water partition coefficient (Wildman–Crippen LogP) is 2.45. The average molecular weight is 372 g/mol. The summed E-state index contributed by atoms with van der Waals surface area (Å²) >= 11 is 1.34.